The maximum Gasteiger partial charge on any atom is 0.328 e. The van der Waals surface area contributed by atoms with Crippen LogP contribution in [0, 0.1) is 0 Å². The van der Waals surface area contributed by atoms with Crippen LogP contribution in [-0.4, -0.2) is 36.4 Å². The van der Waals surface area contributed by atoms with Gasteiger partial charge in [0.2, 0.25) is 0 Å². The Kier molecular flexibility index (Phi) is 4.71. The van der Waals surface area contributed by atoms with Crippen molar-refractivity contribution in [2.24, 2.45) is 5.73 Å². The van der Waals surface area contributed by atoms with Crippen LogP contribution in [-0.2, 0) is 16.1 Å². The van der Waals surface area contributed by atoms with E-state index in [0.29, 0.717) is 16.6 Å². The predicted molar refractivity (Wildman–Crippen MR) is 95.8 cm³/mol. The smallest absolute Gasteiger partial charge is 0.328 e. The van der Waals surface area contributed by atoms with Gasteiger partial charge in [0.25, 0.3) is 0 Å². The van der Waals surface area contributed by atoms with Crippen LogP contribution in [0.3, 0.4) is 0 Å². The van der Waals surface area contributed by atoms with Crippen LogP contribution in [0.5, 0.6) is 0 Å². The van der Waals surface area contributed by atoms with Crippen molar-refractivity contribution in [1.29, 1.82) is 0 Å². The number of fused-ring (bicyclic) bond motifs is 1. The summed E-state index contributed by atoms with van der Waals surface area (Å²) in [6, 6.07) is 5.54. The van der Waals surface area contributed by atoms with Crippen molar-refractivity contribution >= 4 is 16.9 Å². The van der Waals surface area contributed by atoms with Gasteiger partial charge in [-0.15, -0.1) is 0 Å². The predicted octanol–water partition coefficient (Wildman–Crippen LogP) is 1.78. The molecule has 0 bridgehead atoms. The number of aliphatic hydroxyl groups is 1. The van der Waals surface area contributed by atoms with E-state index in [9.17, 15) is 9.90 Å². The zero-order chi connectivity index (χ0) is 18.9. The number of carbonyl (C=O) groups excluding carboxylic acids is 1. The topological polar surface area (TPSA) is 116 Å². The Bertz CT molecular complexity index is 929. The lowest BCUT2D eigenvalue weighted by atomic mass is 10.1. The fourth-order valence-corrected chi connectivity index (χ4v) is 2.67. The number of nitrogens with two attached hydrogens (primary N) is 1. The summed E-state index contributed by atoms with van der Waals surface area (Å²) in [5, 5.41) is 14.8. The Balaban J connectivity index is 2.02. The molecule has 136 valence electrons. The summed E-state index contributed by atoms with van der Waals surface area (Å²) >= 11 is 0. The molecule has 26 heavy (non-hydrogen) atoms. The average molecular weight is 355 g/mol. The molecule has 1 unspecified atom stereocenters. The summed E-state index contributed by atoms with van der Waals surface area (Å²) in [6.45, 7) is 5.33. The number of hydrogen-bond acceptors (Lipinski definition) is 7. The number of nitrogens with zero attached hydrogens (tertiary/aromatic N) is 4. The SMILES string of the molecule is CC(C)(C)OC(=O)Cn1nc(C(N)O)c2cc(-c3cncnc3)ccc21. The highest BCUT2D eigenvalue weighted by Crippen LogP contribution is 2.28. The molecule has 3 N–H and O–H groups in total. The van der Waals surface area contributed by atoms with E-state index < -0.39 is 17.8 Å². The minimum Gasteiger partial charge on any atom is -0.459 e. The van der Waals surface area contributed by atoms with Crippen LogP contribution >= 0.6 is 0 Å². The molecule has 1 aromatic carbocycles. The van der Waals surface area contributed by atoms with E-state index in [0.717, 1.165) is 11.1 Å². The fourth-order valence-electron chi connectivity index (χ4n) is 2.67. The zero-order valence-electron chi connectivity index (χ0n) is 14.9. The summed E-state index contributed by atoms with van der Waals surface area (Å²) in [5.41, 5.74) is 7.72. The molecule has 0 saturated carbocycles. The van der Waals surface area contributed by atoms with Crippen molar-refractivity contribution in [3.63, 3.8) is 0 Å². The minimum atomic E-state index is -1.26. The van der Waals surface area contributed by atoms with Crippen LogP contribution in [0.1, 0.15) is 32.7 Å². The van der Waals surface area contributed by atoms with Crippen molar-refractivity contribution in [3.8, 4) is 11.1 Å². The van der Waals surface area contributed by atoms with Crippen molar-refractivity contribution in [2.75, 3.05) is 0 Å². The third-order valence-electron chi connectivity index (χ3n) is 3.65. The first kappa shape index (κ1) is 18.0. The second kappa shape index (κ2) is 6.81. The molecule has 0 radical (unpaired) electrons. The molecule has 0 saturated heterocycles. The van der Waals surface area contributed by atoms with E-state index in [1.165, 1.54) is 11.0 Å². The summed E-state index contributed by atoms with van der Waals surface area (Å²) in [4.78, 5) is 20.2. The normalized spacial score (nSPS) is 13.0. The zero-order valence-corrected chi connectivity index (χ0v) is 14.9. The summed E-state index contributed by atoms with van der Waals surface area (Å²) in [5.74, 6) is -0.416. The van der Waals surface area contributed by atoms with Crippen LogP contribution in [0.25, 0.3) is 22.0 Å². The maximum atomic E-state index is 12.1. The molecule has 0 aliphatic rings. The highest BCUT2D eigenvalue weighted by atomic mass is 16.6. The third-order valence-corrected chi connectivity index (χ3v) is 3.65. The molecule has 0 spiro atoms. The molecule has 0 aliphatic heterocycles. The number of rotatable bonds is 4. The van der Waals surface area contributed by atoms with Crippen molar-refractivity contribution in [2.45, 2.75) is 39.1 Å². The van der Waals surface area contributed by atoms with Gasteiger partial charge in [0.1, 0.15) is 30.4 Å². The lowest BCUT2D eigenvalue weighted by Gasteiger charge is -2.19. The highest BCUT2D eigenvalue weighted by Gasteiger charge is 2.21. The van der Waals surface area contributed by atoms with E-state index in [4.69, 9.17) is 10.5 Å². The van der Waals surface area contributed by atoms with Gasteiger partial charge in [-0.05, 0) is 38.5 Å². The van der Waals surface area contributed by atoms with Gasteiger partial charge in [-0.3, -0.25) is 9.48 Å². The fraction of sp³-hybridized carbons (Fsp3) is 0.333. The van der Waals surface area contributed by atoms with Gasteiger partial charge in [0, 0.05) is 23.3 Å². The first-order chi connectivity index (χ1) is 12.2. The molecular formula is C18H21N5O3. The molecule has 2 aromatic heterocycles. The van der Waals surface area contributed by atoms with Gasteiger partial charge < -0.3 is 15.6 Å². The number of aromatic nitrogens is 4. The standard InChI is InChI=1S/C18H21N5O3/c1-18(2,3)26-15(24)9-23-14-5-4-11(12-7-20-10-21-8-12)6-13(14)16(22-23)17(19)25/h4-8,10,17,25H,9,19H2,1-3H3. The van der Waals surface area contributed by atoms with Gasteiger partial charge in [-0.2, -0.15) is 5.10 Å². The number of esters is 1. The van der Waals surface area contributed by atoms with Gasteiger partial charge in [-0.25, -0.2) is 9.97 Å². The maximum absolute atomic E-state index is 12.1. The van der Waals surface area contributed by atoms with Gasteiger partial charge >= 0.3 is 5.97 Å². The molecule has 8 nitrogen and oxygen atoms in total. The molecular weight excluding hydrogens is 334 g/mol. The van der Waals surface area contributed by atoms with Gasteiger partial charge in [-0.1, -0.05) is 6.07 Å². The molecule has 0 fully saturated rings. The Morgan fingerprint density at radius 2 is 1.96 bits per heavy atom. The molecule has 2 heterocycles. The van der Waals surface area contributed by atoms with Gasteiger partial charge in [0.05, 0.1) is 5.52 Å². The molecule has 3 rings (SSSR count). The Morgan fingerprint density at radius 3 is 2.58 bits per heavy atom. The average Bonchev–Trinajstić information content (AvgIpc) is 2.92. The summed E-state index contributed by atoms with van der Waals surface area (Å²) < 4.78 is 6.83. The molecule has 3 aromatic rings. The quantitative estimate of drug-likeness (QED) is 0.541. The number of hydrogen-bond donors (Lipinski definition) is 2. The van der Waals surface area contributed by atoms with E-state index in [2.05, 4.69) is 15.1 Å². The third kappa shape index (κ3) is 3.87. The monoisotopic (exact) mass is 355 g/mol. The molecule has 1 atom stereocenters. The number of ether oxygens (including phenoxy) is 1. The van der Waals surface area contributed by atoms with E-state index in [1.54, 1.807) is 33.2 Å². The lowest BCUT2D eigenvalue weighted by Crippen LogP contribution is -2.27. The summed E-state index contributed by atoms with van der Waals surface area (Å²) in [7, 11) is 0. The number of aliphatic hydroxyl groups excluding tert-OH is 1. The number of benzene rings is 1. The minimum absolute atomic E-state index is 0.0751. The largest absolute Gasteiger partial charge is 0.459 e. The van der Waals surface area contributed by atoms with Crippen molar-refractivity contribution in [1.82, 2.24) is 19.7 Å². The molecule has 8 heteroatoms. The first-order valence-electron chi connectivity index (χ1n) is 8.16. The first-order valence-corrected chi connectivity index (χ1v) is 8.16. The molecule has 0 amide bonds. The Morgan fingerprint density at radius 1 is 1.27 bits per heavy atom. The summed E-state index contributed by atoms with van der Waals surface area (Å²) in [6.07, 6.45) is 3.57. The van der Waals surface area contributed by atoms with Crippen LogP contribution in [0.2, 0.25) is 0 Å². The van der Waals surface area contributed by atoms with E-state index in [-0.39, 0.29) is 6.54 Å². The second-order valence-electron chi connectivity index (χ2n) is 6.93. The molecule has 0 aliphatic carbocycles. The van der Waals surface area contributed by atoms with Gasteiger partial charge in [0.15, 0.2) is 0 Å². The van der Waals surface area contributed by atoms with Crippen molar-refractivity contribution in [3.05, 3.63) is 42.6 Å². The second-order valence-corrected chi connectivity index (χ2v) is 6.93. The van der Waals surface area contributed by atoms with E-state index >= 15 is 0 Å². The lowest BCUT2D eigenvalue weighted by molar-refractivity contribution is -0.155. The Hall–Kier alpha value is -2.84. The van der Waals surface area contributed by atoms with Crippen LogP contribution in [0.15, 0.2) is 36.9 Å². The highest BCUT2D eigenvalue weighted by molar-refractivity contribution is 5.88. The van der Waals surface area contributed by atoms with Crippen molar-refractivity contribution < 1.29 is 14.6 Å². The van der Waals surface area contributed by atoms with Crippen LogP contribution in [0.4, 0.5) is 0 Å². The Labute approximate surface area is 150 Å². The number of carbonyl (C=O) groups is 1. The van der Waals surface area contributed by atoms with E-state index in [1.807, 2.05) is 18.2 Å². The van der Waals surface area contributed by atoms with Crippen LogP contribution < -0.4 is 5.73 Å².